The lowest BCUT2D eigenvalue weighted by Crippen LogP contribution is -2.47. The summed E-state index contributed by atoms with van der Waals surface area (Å²) < 4.78 is 0. The molecule has 128 valence electrons. The smallest absolute Gasteiger partial charge is 0.191 e. The molecule has 1 aromatic heterocycles. The van der Waals surface area contributed by atoms with Gasteiger partial charge in [-0.2, -0.15) is 0 Å². The summed E-state index contributed by atoms with van der Waals surface area (Å²) in [5.41, 5.74) is 8.35. The van der Waals surface area contributed by atoms with Crippen LogP contribution < -0.4 is 10.6 Å². The monoisotopic (exact) mass is 346 g/mol. The molecule has 0 bridgehead atoms. The zero-order chi connectivity index (χ0) is 17.1. The number of nitrogens with zero attached hydrogens (tertiary/aromatic N) is 3. The third-order valence-corrected chi connectivity index (χ3v) is 4.99. The lowest BCUT2D eigenvalue weighted by molar-refractivity contribution is 0.00784. The number of hydrogen-bond acceptors (Lipinski definition) is 7. The third kappa shape index (κ3) is 4.17. The highest BCUT2D eigenvalue weighted by molar-refractivity contribution is 7.98. The first-order chi connectivity index (χ1) is 11.5. The molecule has 0 amide bonds. The molecule has 2 aromatic rings. The zero-order valence-corrected chi connectivity index (χ0v) is 14.4. The van der Waals surface area contributed by atoms with E-state index in [0.717, 1.165) is 5.75 Å². The number of rotatable bonds is 4. The fraction of sp³-hybridized carbons (Fsp3) is 0.412. The summed E-state index contributed by atoms with van der Waals surface area (Å²) in [5, 5.41) is 20.1. The molecule has 7 heteroatoms. The fourth-order valence-electron chi connectivity index (χ4n) is 2.62. The van der Waals surface area contributed by atoms with Gasteiger partial charge in [-0.15, -0.1) is 0 Å². The van der Waals surface area contributed by atoms with Crippen molar-refractivity contribution < 1.29 is 10.2 Å². The summed E-state index contributed by atoms with van der Waals surface area (Å²) in [7, 11) is 0. The van der Waals surface area contributed by atoms with E-state index in [1.807, 2.05) is 4.90 Å². The van der Waals surface area contributed by atoms with Gasteiger partial charge in [-0.3, -0.25) is 0 Å². The molecule has 4 N–H and O–H groups in total. The first kappa shape index (κ1) is 17.0. The maximum absolute atomic E-state index is 9.85. The summed E-state index contributed by atoms with van der Waals surface area (Å²) in [6, 6.07) is 10.1. The van der Waals surface area contributed by atoms with Crippen LogP contribution in [0.2, 0.25) is 0 Å². The second kappa shape index (κ2) is 7.38. The Kier molecular flexibility index (Phi) is 5.23. The minimum atomic E-state index is -0.765. The van der Waals surface area contributed by atoms with Gasteiger partial charge in [-0.1, -0.05) is 41.6 Å². The molecule has 0 saturated carbocycles. The SMILES string of the molecule is Cc1ccc(CSc2nc(N)cc(N3CC[C@H](O)[C@@H](O)C3)n2)cc1. The van der Waals surface area contributed by atoms with Gasteiger partial charge in [0.2, 0.25) is 0 Å². The maximum Gasteiger partial charge on any atom is 0.191 e. The van der Waals surface area contributed by atoms with Crippen LogP contribution in [0.25, 0.3) is 0 Å². The van der Waals surface area contributed by atoms with Crippen molar-refractivity contribution >= 4 is 23.4 Å². The number of thioether (sulfide) groups is 1. The number of aliphatic hydroxyl groups is 2. The number of β-amino-alcohol motifs (C(OH)–C–C–N with tert-alkyl or cyclic N) is 1. The van der Waals surface area contributed by atoms with Crippen LogP contribution in [0.3, 0.4) is 0 Å². The van der Waals surface area contributed by atoms with E-state index in [-0.39, 0.29) is 0 Å². The fourth-order valence-corrected chi connectivity index (χ4v) is 3.43. The lowest BCUT2D eigenvalue weighted by atomic mass is 10.1. The molecule has 24 heavy (non-hydrogen) atoms. The van der Waals surface area contributed by atoms with Crippen molar-refractivity contribution in [3.8, 4) is 0 Å². The van der Waals surface area contributed by atoms with Crippen molar-refractivity contribution in [2.24, 2.45) is 0 Å². The van der Waals surface area contributed by atoms with Crippen LogP contribution in [0, 0.1) is 6.92 Å². The predicted molar refractivity (Wildman–Crippen MR) is 96.0 cm³/mol. The number of benzene rings is 1. The first-order valence-electron chi connectivity index (χ1n) is 7.95. The van der Waals surface area contributed by atoms with E-state index in [2.05, 4.69) is 41.2 Å². The molecule has 1 aliphatic heterocycles. The highest BCUT2D eigenvalue weighted by Gasteiger charge is 2.27. The zero-order valence-electron chi connectivity index (χ0n) is 13.6. The number of anilines is 2. The number of aliphatic hydroxyl groups excluding tert-OH is 2. The van der Waals surface area contributed by atoms with Crippen LogP contribution in [0.5, 0.6) is 0 Å². The molecule has 1 fully saturated rings. The molecule has 0 unspecified atom stereocenters. The number of piperidine rings is 1. The van der Waals surface area contributed by atoms with E-state index in [1.54, 1.807) is 6.07 Å². The van der Waals surface area contributed by atoms with E-state index in [9.17, 15) is 10.2 Å². The molecule has 0 spiro atoms. The summed E-state index contributed by atoms with van der Waals surface area (Å²) >= 11 is 1.53. The third-order valence-electron chi connectivity index (χ3n) is 4.07. The van der Waals surface area contributed by atoms with Crippen LogP contribution >= 0.6 is 11.8 Å². The van der Waals surface area contributed by atoms with E-state index >= 15 is 0 Å². The van der Waals surface area contributed by atoms with Crippen molar-refractivity contribution in [1.29, 1.82) is 0 Å². The Hall–Kier alpha value is -1.83. The molecule has 1 saturated heterocycles. The van der Waals surface area contributed by atoms with Crippen LogP contribution in [0.4, 0.5) is 11.6 Å². The minimum absolute atomic E-state index is 0.347. The summed E-state index contributed by atoms with van der Waals surface area (Å²) in [4.78, 5) is 10.8. The normalized spacial score (nSPS) is 21.0. The molecule has 0 radical (unpaired) electrons. The summed E-state index contributed by atoms with van der Waals surface area (Å²) in [6.07, 6.45) is -0.925. The molecular formula is C17H22N4O2S. The van der Waals surface area contributed by atoms with Crippen LogP contribution in [-0.4, -0.2) is 45.5 Å². The maximum atomic E-state index is 9.85. The standard InChI is InChI=1S/C17H22N4O2S/c1-11-2-4-12(5-3-11)10-24-17-19-15(18)8-16(20-17)21-7-6-13(22)14(23)9-21/h2-5,8,13-14,22-23H,6-7,9-10H2,1H3,(H2,18,19,20)/t13-,14-/m0/s1. The van der Waals surface area contributed by atoms with Crippen LogP contribution in [0.1, 0.15) is 17.5 Å². The van der Waals surface area contributed by atoms with Gasteiger partial charge < -0.3 is 20.8 Å². The number of nitrogens with two attached hydrogens (primary N) is 1. The van der Waals surface area contributed by atoms with E-state index < -0.39 is 12.2 Å². The van der Waals surface area contributed by atoms with Crippen LogP contribution in [-0.2, 0) is 5.75 Å². The topological polar surface area (TPSA) is 95.5 Å². The highest BCUT2D eigenvalue weighted by Crippen LogP contribution is 2.25. The number of hydrogen-bond donors (Lipinski definition) is 3. The molecule has 1 aromatic carbocycles. The van der Waals surface area contributed by atoms with Gasteiger partial charge in [0.25, 0.3) is 0 Å². The van der Waals surface area contributed by atoms with Gasteiger partial charge in [-0.25, -0.2) is 9.97 Å². The Morgan fingerprint density at radius 3 is 2.67 bits per heavy atom. The minimum Gasteiger partial charge on any atom is -0.390 e. The van der Waals surface area contributed by atoms with Crippen molar-refractivity contribution in [3.05, 3.63) is 41.5 Å². The Bertz CT molecular complexity index is 695. The summed E-state index contributed by atoms with van der Waals surface area (Å²) in [6.45, 7) is 3.05. The molecule has 3 rings (SSSR count). The van der Waals surface area contributed by atoms with Crippen molar-refractivity contribution in [1.82, 2.24) is 9.97 Å². The Morgan fingerprint density at radius 1 is 1.21 bits per heavy atom. The molecular weight excluding hydrogens is 324 g/mol. The predicted octanol–water partition coefficient (Wildman–Crippen LogP) is 1.59. The van der Waals surface area contributed by atoms with Gasteiger partial charge in [0.15, 0.2) is 5.16 Å². The van der Waals surface area contributed by atoms with Gasteiger partial charge in [0.1, 0.15) is 11.6 Å². The Balaban J connectivity index is 1.70. The quantitative estimate of drug-likeness (QED) is 0.571. The molecule has 2 atom stereocenters. The molecule has 2 heterocycles. The molecule has 1 aliphatic rings. The van der Waals surface area contributed by atoms with Crippen LogP contribution in [0.15, 0.2) is 35.5 Å². The van der Waals surface area contributed by atoms with E-state index in [4.69, 9.17) is 5.73 Å². The average Bonchev–Trinajstić information content (AvgIpc) is 2.56. The molecule has 6 nitrogen and oxygen atoms in total. The Labute approximate surface area is 145 Å². The lowest BCUT2D eigenvalue weighted by Gasteiger charge is -2.34. The number of aromatic nitrogens is 2. The van der Waals surface area contributed by atoms with Crippen molar-refractivity contribution in [2.75, 3.05) is 23.7 Å². The second-order valence-corrected chi connectivity index (χ2v) is 7.02. The van der Waals surface area contributed by atoms with Gasteiger partial charge in [0, 0.05) is 24.9 Å². The highest BCUT2D eigenvalue weighted by atomic mass is 32.2. The molecule has 0 aliphatic carbocycles. The second-order valence-electron chi connectivity index (χ2n) is 6.08. The van der Waals surface area contributed by atoms with Crippen molar-refractivity contribution in [3.63, 3.8) is 0 Å². The van der Waals surface area contributed by atoms with E-state index in [0.29, 0.717) is 36.3 Å². The van der Waals surface area contributed by atoms with E-state index in [1.165, 1.54) is 22.9 Å². The number of nitrogen functional groups attached to an aromatic ring is 1. The largest absolute Gasteiger partial charge is 0.390 e. The summed E-state index contributed by atoms with van der Waals surface area (Å²) in [5.74, 6) is 1.87. The van der Waals surface area contributed by atoms with Gasteiger partial charge >= 0.3 is 0 Å². The average molecular weight is 346 g/mol. The number of aryl methyl sites for hydroxylation is 1. The van der Waals surface area contributed by atoms with Crippen molar-refractivity contribution in [2.45, 2.75) is 36.5 Å². The first-order valence-corrected chi connectivity index (χ1v) is 8.94. The Morgan fingerprint density at radius 2 is 1.96 bits per heavy atom. The van der Waals surface area contributed by atoms with Gasteiger partial charge in [0.05, 0.1) is 12.2 Å². The van der Waals surface area contributed by atoms with Gasteiger partial charge in [-0.05, 0) is 18.9 Å².